The summed E-state index contributed by atoms with van der Waals surface area (Å²) in [6, 6.07) is 10.5. The summed E-state index contributed by atoms with van der Waals surface area (Å²) in [4.78, 5) is 8.21. The van der Waals surface area contributed by atoms with Crippen molar-refractivity contribution in [3.63, 3.8) is 0 Å². The van der Waals surface area contributed by atoms with Crippen LogP contribution in [0.4, 0.5) is 0 Å². The molecule has 1 N–H and O–H groups in total. The van der Waals surface area contributed by atoms with E-state index < -0.39 is 0 Å². The molecule has 0 aliphatic rings. The first-order valence-electron chi connectivity index (χ1n) is 7.96. The smallest absolute Gasteiger partial charge is 0.0868 e. The molecule has 0 spiro atoms. The maximum atomic E-state index is 4.96. The Morgan fingerprint density at radius 2 is 1.76 bits per heavy atom. The molecule has 2 aromatic rings. The van der Waals surface area contributed by atoms with Gasteiger partial charge in [-0.2, -0.15) is 0 Å². The second kappa shape index (κ2) is 7.22. The highest BCUT2D eigenvalue weighted by atomic mass is 31.1. The molecule has 0 amide bonds. The van der Waals surface area contributed by atoms with Gasteiger partial charge in [0.05, 0.1) is 17.1 Å². The third kappa shape index (κ3) is 3.74. The van der Waals surface area contributed by atoms with Crippen LogP contribution in [0.15, 0.2) is 36.5 Å². The molecule has 3 heteroatoms. The number of hydrogen-bond donors (Lipinski definition) is 1. The zero-order valence-electron chi connectivity index (χ0n) is 13.7. The number of rotatable bonds is 7. The number of H-pyrrole nitrogens is 1. The number of pyridine rings is 1. The van der Waals surface area contributed by atoms with Gasteiger partial charge in [-0.05, 0) is 36.6 Å². The van der Waals surface area contributed by atoms with Gasteiger partial charge in [0.2, 0.25) is 0 Å². The van der Waals surface area contributed by atoms with Crippen LogP contribution < -0.4 is 0 Å². The summed E-state index contributed by atoms with van der Waals surface area (Å²) in [5.74, 6) is 0. The summed E-state index contributed by atoms with van der Waals surface area (Å²) in [5, 5.41) is 0.184. The summed E-state index contributed by atoms with van der Waals surface area (Å²) in [6.45, 7) is 9.35. The van der Waals surface area contributed by atoms with E-state index in [0.29, 0.717) is 0 Å². The van der Waals surface area contributed by atoms with Crippen molar-refractivity contribution >= 4 is 7.92 Å². The van der Waals surface area contributed by atoms with Crippen LogP contribution in [-0.2, 0) is 5.16 Å². The first kappa shape index (κ1) is 16.2. The summed E-state index contributed by atoms with van der Waals surface area (Å²) in [7, 11) is -0.0230. The van der Waals surface area contributed by atoms with Crippen molar-refractivity contribution in [2.24, 2.45) is 0 Å². The Balaban J connectivity index is 2.32. The van der Waals surface area contributed by atoms with Gasteiger partial charge in [0.15, 0.2) is 0 Å². The molecule has 0 saturated carbocycles. The van der Waals surface area contributed by atoms with Gasteiger partial charge in [-0.25, -0.2) is 0 Å². The fraction of sp³-hybridized carbons (Fsp3) is 0.500. The first-order valence-corrected chi connectivity index (χ1v) is 9.67. The molecule has 2 rings (SSSR count). The van der Waals surface area contributed by atoms with Gasteiger partial charge < -0.3 is 4.98 Å². The standard InChI is InChI=1S/C18H27N2P/c1-5-13-21(14-6-2)18(3,4)17-11-7-9-16(20-17)15-10-8-12-19-15/h7-12,19H,5-6,13-14H2,1-4H3. The third-order valence-corrected chi connectivity index (χ3v) is 7.81. The molecule has 0 saturated heterocycles. The van der Waals surface area contributed by atoms with E-state index in [-0.39, 0.29) is 13.1 Å². The second-order valence-corrected chi connectivity index (χ2v) is 9.13. The zero-order chi connectivity index (χ0) is 15.3. The van der Waals surface area contributed by atoms with Gasteiger partial charge in [-0.1, -0.05) is 54.5 Å². The maximum absolute atomic E-state index is 4.96. The Labute approximate surface area is 130 Å². The molecule has 0 unspecified atom stereocenters. The van der Waals surface area contributed by atoms with Gasteiger partial charge in [-0.15, -0.1) is 0 Å². The average Bonchev–Trinajstić information content (AvgIpc) is 3.01. The lowest BCUT2D eigenvalue weighted by Crippen LogP contribution is -2.20. The van der Waals surface area contributed by atoms with Crippen molar-refractivity contribution in [3.8, 4) is 11.4 Å². The van der Waals surface area contributed by atoms with E-state index in [4.69, 9.17) is 4.98 Å². The highest BCUT2D eigenvalue weighted by molar-refractivity contribution is 7.58. The second-order valence-electron chi connectivity index (χ2n) is 6.04. The maximum Gasteiger partial charge on any atom is 0.0868 e. The predicted octanol–water partition coefficient (Wildman–Crippen LogP) is 5.61. The Morgan fingerprint density at radius 3 is 2.33 bits per heavy atom. The van der Waals surface area contributed by atoms with Crippen molar-refractivity contribution in [2.75, 3.05) is 12.3 Å². The fourth-order valence-corrected chi connectivity index (χ4v) is 5.66. The fourth-order valence-electron chi connectivity index (χ4n) is 2.79. The summed E-state index contributed by atoms with van der Waals surface area (Å²) >= 11 is 0. The highest BCUT2D eigenvalue weighted by Gasteiger charge is 2.31. The Bertz CT molecular complexity index is 540. The molecule has 0 bridgehead atoms. The van der Waals surface area contributed by atoms with Crippen LogP contribution in [0.25, 0.3) is 11.4 Å². The molecule has 21 heavy (non-hydrogen) atoms. The van der Waals surface area contributed by atoms with Gasteiger partial charge in [-0.3, -0.25) is 4.98 Å². The molecule has 2 nitrogen and oxygen atoms in total. The van der Waals surface area contributed by atoms with E-state index in [0.717, 1.165) is 11.4 Å². The van der Waals surface area contributed by atoms with E-state index >= 15 is 0 Å². The van der Waals surface area contributed by atoms with Gasteiger partial charge >= 0.3 is 0 Å². The van der Waals surface area contributed by atoms with Gasteiger partial charge in [0, 0.05) is 11.4 Å². The minimum atomic E-state index is -0.0230. The number of aromatic nitrogens is 2. The van der Waals surface area contributed by atoms with Crippen LogP contribution in [0.3, 0.4) is 0 Å². The number of nitrogens with zero attached hydrogens (tertiary/aromatic N) is 1. The Morgan fingerprint density at radius 1 is 1.05 bits per heavy atom. The van der Waals surface area contributed by atoms with E-state index in [1.807, 2.05) is 12.3 Å². The molecule has 2 aromatic heterocycles. The van der Waals surface area contributed by atoms with Crippen LogP contribution in [0, 0.1) is 0 Å². The lowest BCUT2D eigenvalue weighted by Gasteiger charge is -2.35. The molecule has 0 aliphatic carbocycles. The number of hydrogen-bond acceptors (Lipinski definition) is 1. The summed E-state index contributed by atoms with van der Waals surface area (Å²) in [5.41, 5.74) is 3.39. The Kier molecular flexibility index (Phi) is 5.58. The number of nitrogens with one attached hydrogen (secondary N) is 1. The first-order chi connectivity index (χ1) is 10.1. The third-order valence-electron chi connectivity index (χ3n) is 4.03. The van der Waals surface area contributed by atoms with Crippen LogP contribution >= 0.6 is 7.92 Å². The average molecular weight is 302 g/mol. The normalized spacial score (nSPS) is 12.0. The highest BCUT2D eigenvalue weighted by Crippen LogP contribution is 2.55. The predicted molar refractivity (Wildman–Crippen MR) is 94.3 cm³/mol. The lowest BCUT2D eigenvalue weighted by molar-refractivity contribution is 0.721. The van der Waals surface area contributed by atoms with Crippen molar-refractivity contribution < 1.29 is 0 Å². The van der Waals surface area contributed by atoms with Crippen molar-refractivity contribution in [3.05, 3.63) is 42.2 Å². The van der Waals surface area contributed by atoms with Crippen molar-refractivity contribution in [2.45, 2.75) is 45.7 Å². The molecule has 0 radical (unpaired) electrons. The number of aromatic amines is 1. The minimum Gasteiger partial charge on any atom is -0.360 e. The lowest BCUT2D eigenvalue weighted by atomic mass is 10.1. The molecule has 0 aliphatic heterocycles. The van der Waals surface area contributed by atoms with Gasteiger partial charge in [0.1, 0.15) is 0 Å². The van der Waals surface area contributed by atoms with Gasteiger partial charge in [0.25, 0.3) is 0 Å². The van der Waals surface area contributed by atoms with Crippen LogP contribution in [0.1, 0.15) is 46.2 Å². The van der Waals surface area contributed by atoms with Crippen molar-refractivity contribution in [1.82, 2.24) is 9.97 Å². The quantitative estimate of drug-likeness (QED) is 0.661. The van der Waals surface area contributed by atoms with Crippen LogP contribution in [-0.4, -0.2) is 22.3 Å². The van der Waals surface area contributed by atoms with Crippen LogP contribution in [0.2, 0.25) is 0 Å². The molecule has 114 valence electrons. The zero-order valence-corrected chi connectivity index (χ0v) is 14.6. The van der Waals surface area contributed by atoms with E-state index in [1.54, 1.807) is 0 Å². The largest absolute Gasteiger partial charge is 0.360 e. The van der Waals surface area contributed by atoms with E-state index in [1.165, 1.54) is 30.9 Å². The molecule has 0 aromatic carbocycles. The topological polar surface area (TPSA) is 28.7 Å². The Hall–Kier alpha value is -1.14. The summed E-state index contributed by atoms with van der Waals surface area (Å²) < 4.78 is 0. The SMILES string of the molecule is CCCP(CCC)C(C)(C)c1cccc(-c2ccc[nH]2)n1. The van der Waals surface area contributed by atoms with E-state index in [9.17, 15) is 0 Å². The monoisotopic (exact) mass is 302 g/mol. The van der Waals surface area contributed by atoms with E-state index in [2.05, 4.69) is 56.9 Å². The summed E-state index contributed by atoms with van der Waals surface area (Å²) in [6.07, 6.45) is 7.17. The van der Waals surface area contributed by atoms with Crippen LogP contribution in [0.5, 0.6) is 0 Å². The van der Waals surface area contributed by atoms with Crippen molar-refractivity contribution in [1.29, 1.82) is 0 Å². The molecular weight excluding hydrogens is 275 g/mol. The molecule has 0 atom stereocenters. The minimum absolute atomic E-state index is 0.0230. The molecular formula is C18H27N2P. The molecule has 0 fully saturated rings. The molecule has 2 heterocycles.